The molecular weight excluding hydrogens is 148 g/mol. The molecule has 2 nitrogen and oxygen atoms in total. The third-order valence-electron chi connectivity index (χ3n) is 2.29. The van der Waals surface area contributed by atoms with Gasteiger partial charge in [0.15, 0.2) is 7.05 Å². The van der Waals surface area contributed by atoms with Crippen LogP contribution in [0.1, 0.15) is 12.0 Å². The lowest BCUT2D eigenvalue weighted by Gasteiger charge is -1.90. The molecule has 2 rings (SSSR count). The molecule has 0 N–H and O–H groups in total. The van der Waals surface area contributed by atoms with E-state index < -0.39 is 0 Å². The molecule has 0 fully saturated rings. The Morgan fingerprint density at radius 1 is 1.50 bits per heavy atom. The van der Waals surface area contributed by atoms with Crippen LogP contribution in [0.2, 0.25) is 0 Å². The quantitative estimate of drug-likeness (QED) is 0.547. The zero-order valence-corrected chi connectivity index (χ0v) is 7.49. The minimum Gasteiger partial charge on any atom is -0.164 e. The molecule has 1 aromatic rings. The Kier molecular flexibility index (Phi) is 1.61. The van der Waals surface area contributed by atoms with Crippen molar-refractivity contribution in [2.45, 2.75) is 6.42 Å². The van der Waals surface area contributed by atoms with Crippen LogP contribution in [0, 0.1) is 0 Å². The first-order valence-corrected chi connectivity index (χ1v) is 4.16. The van der Waals surface area contributed by atoms with Crippen LogP contribution in [0.15, 0.2) is 30.6 Å². The molecule has 0 bridgehead atoms. The molecule has 1 aromatic heterocycles. The van der Waals surface area contributed by atoms with Crippen LogP contribution >= 0.6 is 0 Å². The van der Waals surface area contributed by atoms with E-state index in [2.05, 4.69) is 40.0 Å². The van der Waals surface area contributed by atoms with Gasteiger partial charge in [0.25, 0.3) is 0 Å². The van der Waals surface area contributed by atoms with Gasteiger partial charge in [-0.1, -0.05) is 18.2 Å². The molecule has 0 radical (unpaired) electrons. The number of rotatable bonds is 1. The van der Waals surface area contributed by atoms with Crippen LogP contribution in [-0.2, 0) is 14.1 Å². The van der Waals surface area contributed by atoms with Crippen molar-refractivity contribution in [3.63, 3.8) is 0 Å². The third kappa shape index (κ3) is 1.09. The van der Waals surface area contributed by atoms with Gasteiger partial charge in [-0.25, -0.2) is 0 Å². The number of aryl methyl sites for hydroxylation is 2. The molecule has 0 amide bonds. The molecule has 0 spiro atoms. The molecule has 62 valence electrons. The van der Waals surface area contributed by atoms with Gasteiger partial charge in [-0.2, -0.15) is 4.68 Å². The highest BCUT2D eigenvalue weighted by atomic mass is 15.4. The molecule has 0 aromatic carbocycles. The summed E-state index contributed by atoms with van der Waals surface area (Å²) in [5.41, 5.74) is 2.73. The van der Waals surface area contributed by atoms with Crippen molar-refractivity contribution in [1.29, 1.82) is 0 Å². The predicted molar refractivity (Wildman–Crippen MR) is 48.3 cm³/mol. The summed E-state index contributed by atoms with van der Waals surface area (Å²) < 4.78 is 4.16. The Balaban J connectivity index is 2.35. The van der Waals surface area contributed by atoms with Crippen LogP contribution in [0.3, 0.4) is 0 Å². The first-order chi connectivity index (χ1) is 5.77. The summed E-state index contributed by atoms with van der Waals surface area (Å²) in [5.74, 6) is 0. The van der Waals surface area contributed by atoms with Crippen molar-refractivity contribution in [2.24, 2.45) is 14.1 Å². The van der Waals surface area contributed by atoms with E-state index in [9.17, 15) is 0 Å². The smallest absolute Gasteiger partial charge is 0.164 e. The van der Waals surface area contributed by atoms with E-state index in [-0.39, 0.29) is 0 Å². The summed E-state index contributed by atoms with van der Waals surface area (Å²) >= 11 is 0. The van der Waals surface area contributed by atoms with Crippen LogP contribution in [0.5, 0.6) is 0 Å². The first-order valence-electron chi connectivity index (χ1n) is 4.16. The number of allylic oxidation sites excluding steroid dienone is 4. The highest BCUT2D eigenvalue weighted by Gasteiger charge is 2.10. The second-order valence-electron chi connectivity index (χ2n) is 3.19. The van der Waals surface area contributed by atoms with Gasteiger partial charge in [-0.3, -0.25) is 0 Å². The Morgan fingerprint density at radius 2 is 2.33 bits per heavy atom. The van der Waals surface area contributed by atoms with Crippen LogP contribution in [0.4, 0.5) is 0 Å². The average molecular weight is 161 g/mol. The van der Waals surface area contributed by atoms with Crippen molar-refractivity contribution >= 4 is 5.57 Å². The average Bonchev–Trinajstić information content (AvgIpc) is 2.61. The fourth-order valence-electron chi connectivity index (χ4n) is 1.45. The molecule has 1 aliphatic carbocycles. The summed E-state index contributed by atoms with van der Waals surface area (Å²) in [7, 11) is 4.10. The summed E-state index contributed by atoms with van der Waals surface area (Å²) in [6, 6.07) is 0. The van der Waals surface area contributed by atoms with E-state index in [0.717, 1.165) is 6.42 Å². The minimum absolute atomic E-state index is 1.07. The largest absolute Gasteiger partial charge is 0.202 e. The first kappa shape index (κ1) is 7.35. The van der Waals surface area contributed by atoms with Gasteiger partial charge in [-0.15, -0.1) is 4.68 Å². The van der Waals surface area contributed by atoms with Gasteiger partial charge in [0, 0.05) is 0 Å². The van der Waals surface area contributed by atoms with Crippen molar-refractivity contribution in [1.82, 2.24) is 4.68 Å². The lowest BCUT2D eigenvalue weighted by atomic mass is 10.1. The summed E-state index contributed by atoms with van der Waals surface area (Å²) in [6.45, 7) is 0. The molecule has 0 unspecified atom stereocenters. The van der Waals surface area contributed by atoms with E-state index in [0.29, 0.717) is 0 Å². The number of hydrogen-bond donors (Lipinski definition) is 0. The lowest BCUT2D eigenvalue weighted by molar-refractivity contribution is -0.751. The highest BCUT2D eigenvalue weighted by molar-refractivity contribution is 5.69. The third-order valence-corrected chi connectivity index (χ3v) is 2.29. The summed E-state index contributed by atoms with van der Waals surface area (Å²) in [5, 5.41) is 0. The summed E-state index contributed by atoms with van der Waals surface area (Å²) in [6.07, 6.45) is 11.8. The molecule has 0 atom stereocenters. The maximum atomic E-state index is 2.18. The standard InChI is InChI=1S/C10H13N2/c1-11-7-10(8-12(11)2)9-5-3-4-6-9/h3-5,7-8H,6H2,1-2H3/q+1. The summed E-state index contributed by atoms with van der Waals surface area (Å²) in [4.78, 5) is 0. The van der Waals surface area contributed by atoms with E-state index in [1.807, 2.05) is 14.1 Å². The number of nitrogens with zero attached hydrogens (tertiary/aromatic N) is 2. The molecule has 1 aliphatic rings. The van der Waals surface area contributed by atoms with Crippen molar-refractivity contribution in [2.75, 3.05) is 0 Å². The second-order valence-corrected chi connectivity index (χ2v) is 3.19. The molecule has 12 heavy (non-hydrogen) atoms. The topological polar surface area (TPSA) is 8.81 Å². The van der Waals surface area contributed by atoms with Gasteiger partial charge >= 0.3 is 0 Å². The van der Waals surface area contributed by atoms with Crippen molar-refractivity contribution in [3.05, 3.63) is 36.2 Å². The molecule has 0 saturated heterocycles. The van der Waals surface area contributed by atoms with Gasteiger partial charge in [-0.05, 0) is 12.0 Å². The minimum atomic E-state index is 1.07. The van der Waals surface area contributed by atoms with E-state index in [1.54, 1.807) is 0 Å². The van der Waals surface area contributed by atoms with Crippen LogP contribution < -0.4 is 4.68 Å². The Hall–Kier alpha value is -1.31. The Labute approximate surface area is 72.4 Å². The second kappa shape index (κ2) is 2.63. The Morgan fingerprint density at radius 3 is 2.83 bits per heavy atom. The van der Waals surface area contributed by atoms with Crippen LogP contribution in [-0.4, -0.2) is 4.68 Å². The van der Waals surface area contributed by atoms with Crippen molar-refractivity contribution < 1.29 is 4.68 Å². The fourth-order valence-corrected chi connectivity index (χ4v) is 1.45. The monoisotopic (exact) mass is 161 g/mol. The maximum absolute atomic E-state index is 2.18. The van der Waals surface area contributed by atoms with Crippen LogP contribution in [0.25, 0.3) is 5.57 Å². The lowest BCUT2D eigenvalue weighted by Crippen LogP contribution is -2.35. The van der Waals surface area contributed by atoms with Gasteiger partial charge in [0.1, 0.15) is 0 Å². The van der Waals surface area contributed by atoms with E-state index >= 15 is 0 Å². The maximum Gasteiger partial charge on any atom is 0.202 e. The van der Waals surface area contributed by atoms with E-state index in [1.165, 1.54) is 11.1 Å². The molecule has 0 aliphatic heterocycles. The van der Waals surface area contributed by atoms with Gasteiger partial charge in [0.05, 0.1) is 18.8 Å². The molecule has 2 heteroatoms. The zero-order chi connectivity index (χ0) is 8.55. The molecule has 1 heterocycles. The number of hydrogen-bond acceptors (Lipinski definition) is 0. The normalized spacial score (nSPS) is 15.3. The SMILES string of the molecule is Cn1cc(C2=CC=CC2)c[n+]1C. The van der Waals surface area contributed by atoms with Gasteiger partial charge < -0.3 is 0 Å². The zero-order valence-electron chi connectivity index (χ0n) is 7.49. The van der Waals surface area contributed by atoms with Gasteiger partial charge in [0.2, 0.25) is 6.20 Å². The highest BCUT2D eigenvalue weighted by Crippen LogP contribution is 2.21. The predicted octanol–water partition coefficient (Wildman–Crippen LogP) is 1.19. The van der Waals surface area contributed by atoms with E-state index in [4.69, 9.17) is 0 Å². The molecular formula is C10H13N2+. The molecule has 0 saturated carbocycles. The Bertz CT molecular complexity index is 336. The van der Waals surface area contributed by atoms with Crippen molar-refractivity contribution in [3.8, 4) is 0 Å². The number of aromatic nitrogens is 2. The fraction of sp³-hybridized carbons (Fsp3) is 0.300.